The molecule has 1 heterocycles. The Morgan fingerprint density at radius 3 is 2.54 bits per heavy atom. The van der Waals surface area contributed by atoms with Crippen LogP contribution in [0.1, 0.15) is 22.3 Å². The van der Waals surface area contributed by atoms with Gasteiger partial charge >= 0.3 is 0 Å². The summed E-state index contributed by atoms with van der Waals surface area (Å²) in [4.78, 5) is 21.7. The molecule has 1 aromatic heterocycles. The fourth-order valence-corrected chi connectivity index (χ4v) is 3.93. The van der Waals surface area contributed by atoms with Crippen molar-refractivity contribution in [3.63, 3.8) is 0 Å². The summed E-state index contributed by atoms with van der Waals surface area (Å²) in [6, 6.07) is 13.2. The van der Waals surface area contributed by atoms with Crippen LogP contribution in [0.3, 0.4) is 0 Å². The molecule has 1 amide bonds. The van der Waals surface area contributed by atoms with Gasteiger partial charge in [0.15, 0.2) is 5.13 Å². The van der Waals surface area contributed by atoms with Crippen molar-refractivity contribution in [2.24, 2.45) is 0 Å². The fraction of sp³-hybridized carbons (Fsp3) is 0.300. The zero-order valence-corrected chi connectivity index (χ0v) is 16.8. The van der Waals surface area contributed by atoms with E-state index in [1.165, 1.54) is 5.56 Å². The molecule has 26 heavy (non-hydrogen) atoms. The Kier molecular flexibility index (Phi) is 5.91. The number of nitrogens with zero attached hydrogens (tertiary/aromatic N) is 3. The smallest absolute Gasteiger partial charge is 0.260 e. The summed E-state index contributed by atoms with van der Waals surface area (Å²) in [6.45, 7) is 3.60. The predicted octanol–water partition coefficient (Wildman–Crippen LogP) is 4.86. The number of benzene rings is 2. The SMILES string of the molecule is Cc1ccc2nc(N(CCCN(C)C)C(=O)c3ccc(Cl)cc3)sc2c1. The molecule has 136 valence electrons. The zero-order valence-electron chi connectivity index (χ0n) is 15.2. The minimum absolute atomic E-state index is 0.0452. The van der Waals surface area contributed by atoms with Gasteiger partial charge in [0, 0.05) is 17.1 Å². The molecule has 0 atom stereocenters. The van der Waals surface area contributed by atoms with Crippen LogP contribution in [0.4, 0.5) is 5.13 Å². The molecule has 4 nitrogen and oxygen atoms in total. The fourth-order valence-electron chi connectivity index (χ4n) is 2.71. The maximum Gasteiger partial charge on any atom is 0.260 e. The summed E-state index contributed by atoms with van der Waals surface area (Å²) in [5.74, 6) is -0.0452. The van der Waals surface area contributed by atoms with Crippen molar-refractivity contribution in [2.45, 2.75) is 13.3 Å². The second kappa shape index (κ2) is 8.16. The minimum Gasteiger partial charge on any atom is -0.309 e. The molecule has 6 heteroatoms. The molecule has 0 aliphatic carbocycles. The number of halogens is 1. The Labute approximate surface area is 163 Å². The van der Waals surface area contributed by atoms with E-state index in [-0.39, 0.29) is 5.91 Å². The molecule has 3 rings (SSSR count). The largest absolute Gasteiger partial charge is 0.309 e. The maximum atomic E-state index is 13.1. The molecule has 0 N–H and O–H groups in total. The molecule has 0 fully saturated rings. The van der Waals surface area contributed by atoms with Crippen molar-refractivity contribution in [3.8, 4) is 0 Å². The topological polar surface area (TPSA) is 36.4 Å². The molecule has 2 aromatic carbocycles. The third-order valence-corrected chi connectivity index (χ3v) is 5.38. The molecule has 0 radical (unpaired) electrons. The first-order valence-electron chi connectivity index (χ1n) is 8.53. The van der Waals surface area contributed by atoms with Crippen LogP contribution in [0.5, 0.6) is 0 Å². The van der Waals surface area contributed by atoms with Crippen molar-refractivity contribution >= 4 is 44.2 Å². The van der Waals surface area contributed by atoms with Gasteiger partial charge < -0.3 is 4.90 Å². The number of carbonyl (C=O) groups is 1. The molecule has 0 unspecified atom stereocenters. The summed E-state index contributed by atoms with van der Waals surface area (Å²) in [7, 11) is 4.07. The summed E-state index contributed by atoms with van der Waals surface area (Å²) < 4.78 is 1.10. The van der Waals surface area contributed by atoms with Gasteiger partial charge in [0.25, 0.3) is 5.91 Å². The monoisotopic (exact) mass is 387 g/mol. The van der Waals surface area contributed by atoms with Crippen LogP contribution < -0.4 is 4.90 Å². The number of rotatable bonds is 6. The Morgan fingerprint density at radius 1 is 1.12 bits per heavy atom. The molecule has 0 aliphatic heterocycles. The van der Waals surface area contributed by atoms with Crippen molar-refractivity contribution in [1.29, 1.82) is 0 Å². The third kappa shape index (κ3) is 4.41. The second-order valence-electron chi connectivity index (χ2n) is 6.59. The maximum absolute atomic E-state index is 13.1. The van der Waals surface area contributed by atoms with E-state index in [0.717, 1.165) is 28.3 Å². The lowest BCUT2D eigenvalue weighted by molar-refractivity contribution is 0.0986. The number of anilines is 1. The molecular weight excluding hydrogens is 366 g/mol. The number of aryl methyl sites for hydroxylation is 1. The van der Waals surface area contributed by atoms with Crippen LogP contribution in [0.25, 0.3) is 10.2 Å². The molecule has 0 saturated carbocycles. The number of amides is 1. The third-order valence-electron chi connectivity index (χ3n) is 4.09. The van der Waals surface area contributed by atoms with E-state index in [2.05, 4.69) is 17.9 Å². The lowest BCUT2D eigenvalue weighted by atomic mass is 10.2. The first-order valence-corrected chi connectivity index (χ1v) is 9.73. The van der Waals surface area contributed by atoms with Crippen molar-refractivity contribution in [3.05, 3.63) is 58.6 Å². The van der Waals surface area contributed by atoms with E-state index in [0.29, 0.717) is 17.1 Å². The van der Waals surface area contributed by atoms with Crippen LogP contribution in [-0.2, 0) is 0 Å². The Morgan fingerprint density at radius 2 is 1.85 bits per heavy atom. The average Bonchev–Trinajstić information content (AvgIpc) is 3.01. The highest BCUT2D eigenvalue weighted by molar-refractivity contribution is 7.22. The number of hydrogen-bond donors (Lipinski definition) is 0. The standard InChI is InChI=1S/C20H22ClN3OS/c1-14-5-10-17-18(13-14)26-20(22-17)24(12-4-11-23(2)3)19(25)15-6-8-16(21)9-7-15/h5-10,13H,4,11-12H2,1-3H3. The van der Waals surface area contributed by atoms with Crippen molar-refractivity contribution < 1.29 is 4.79 Å². The van der Waals surface area contributed by atoms with Gasteiger partial charge in [-0.2, -0.15) is 0 Å². The van der Waals surface area contributed by atoms with Crippen LogP contribution in [0.2, 0.25) is 5.02 Å². The van der Waals surface area contributed by atoms with Crippen LogP contribution in [-0.4, -0.2) is 43.0 Å². The van der Waals surface area contributed by atoms with Gasteiger partial charge in [-0.1, -0.05) is 29.0 Å². The molecule has 0 saturated heterocycles. The molecule has 0 spiro atoms. The van der Waals surface area contributed by atoms with Crippen molar-refractivity contribution in [2.75, 3.05) is 32.1 Å². The zero-order chi connectivity index (χ0) is 18.7. The van der Waals surface area contributed by atoms with Gasteiger partial charge in [-0.3, -0.25) is 9.69 Å². The molecule has 3 aromatic rings. The van der Waals surface area contributed by atoms with E-state index < -0.39 is 0 Å². The number of hydrogen-bond acceptors (Lipinski definition) is 4. The summed E-state index contributed by atoms with van der Waals surface area (Å²) in [5.41, 5.74) is 2.74. The van der Waals surface area contributed by atoms with E-state index in [1.54, 1.807) is 40.5 Å². The molecule has 0 bridgehead atoms. The normalized spacial score (nSPS) is 11.3. The highest BCUT2D eigenvalue weighted by Gasteiger charge is 2.21. The second-order valence-corrected chi connectivity index (χ2v) is 8.03. The van der Waals surface area contributed by atoms with E-state index in [9.17, 15) is 4.79 Å². The van der Waals surface area contributed by atoms with Crippen LogP contribution in [0, 0.1) is 6.92 Å². The Bertz CT molecular complexity index is 905. The number of carbonyl (C=O) groups excluding carboxylic acids is 1. The Balaban J connectivity index is 1.92. The number of aromatic nitrogens is 1. The van der Waals surface area contributed by atoms with Gasteiger partial charge in [0.1, 0.15) is 0 Å². The Hall–Kier alpha value is -1.95. The molecule has 0 aliphatic rings. The lowest BCUT2D eigenvalue weighted by Gasteiger charge is -2.21. The van der Waals surface area contributed by atoms with Crippen molar-refractivity contribution in [1.82, 2.24) is 9.88 Å². The highest BCUT2D eigenvalue weighted by Crippen LogP contribution is 2.30. The number of thiazole rings is 1. The molecular formula is C20H22ClN3OS. The summed E-state index contributed by atoms with van der Waals surface area (Å²) >= 11 is 7.52. The summed E-state index contributed by atoms with van der Waals surface area (Å²) in [5, 5.41) is 1.36. The van der Waals surface area contributed by atoms with E-state index >= 15 is 0 Å². The van der Waals surface area contributed by atoms with Gasteiger partial charge in [0.2, 0.25) is 0 Å². The highest BCUT2D eigenvalue weighted by atomic mass is 35.5. The van der Waals surface area contributed by atoms with Crippen LogP contribution in [0.15, 0.2) is 42.5 Å². The van der Waals surface area contributed by atoms with Gasteiger partial charge in [-0.05, 0) is 75.9 Å². The van der Waals surface area contributed by atoms with E-state index in [1.807, 2.05) is 26.2 Å². The quantitative estimate of drug-likeness (QED) is 0.606. The summed E-state index contributed by atoms with van der Waals surface area (Å²) in [6.07, 6.45) is 0.876. The van der Waals surface area contributed by atoms with Gasteiger partial charge in [0.05, 0.1) is 10.2 Å². The first kappa shape index (κ1) is 18.8. The average molecular weight is 388 g/mol. The van der Waals surface area contributed by atoms with Crippen LogP contribution >= 0.6 is 22.9 Å². The minimum atomic E-state index is -0.0452. The van der Waals surface area contributed by atoms with Gasteiger partial charge in [-0.15, -0.1) is 0 Å². The first-order chi connectivity index (χ1) is 12.4. The van der Waals surface area contributed by atoms with Gasteiger partial charge in [-0.25, -0.2) is 4.98 Å². The van der Waals surface area contributed by atoms with E-state index in [4.69, 9.17) is 16.6 Å². The number of fused-ring (bicyclic) bond motifs is 1. The predicted molar refractivity (Wildman–Crippen MR) is 111 cm³/mol. The lowest BCUT2D eigenvalue weighted by Crippen LogP contribution is -2.33.